The number of nitrogens with zero attached hydrogens (tertiary/aromatic N) is 3. The number of carbonyl (C=O) groups excluding carboxylic acids is 3. The molecule has 0 unspecified atom stereocenters. The van der Waals surface area contributed by atoms with E-state index in [1.165, 1.54) is 11.1 Å². The van der Waals surface area contributed by atoms with Crippen molar-refractivity contribution in [2.24, 2.45) is 0 Å². The van der Waals surface area contributed by atoms with Crippen LogP contribution in [-0.2, 0) is 20.9 Å². The lowest BCUT2D eigenvalue weighted by Gasteiger charge is -2.41. The summed E-state index contributed by atoms with van der Waals surface area (Å²) in [5.41, 5.74) is 2.29. The van der Waals surface area contributed by atoms with Crippen molar-refractivity contribution < 1.29 is 23.9 Å². The average Bonchev–Trinajstić information content (AvgIpc) is 2.99. The second kappa shape index (κ2) is 14.1. The summed E-state index contributed by atoms with van der Waals surface area (Å²) >= 11 is 0. The fraction of sp³-hybridized carbons (Fsp3) is 0.382. The van der Waals surface area contributed by atoms with E-state index in [4.69, 9.17) is 9.47 Å². The lowest BCUT2D eigenvalue weighted by Crippen LogP contribution is -2.58. The van der Waals surface area contributed by atoms with Gasteiger partial charge in [0.05, 0.1) is 6.04 Å². The smallest absolute Gasteiger partial charge is 0.420 e. The normalized spacial score (nSPS) is 14.7. The summed E-state index contributed by atoms with van der Waals surface area (Å²) < 4.78 is 11.0. The van der Waals surface area contributed by atoms with E-state index in [1.54, 1.807) is 32.6 Å². The van der Waals surface area contributed by atoms with E-state index in [-0.39, 0.29) is 25.0 Å². The van der Waals surface area contributed by atoms with Crippen LogP contribution in [0.25, 0.3) is 0 Å². The van der Waals surface area contributed by atoms with E-state index >= 15 is 0 Å². The summed E-state index contributed by atoms with van der Waals surface area (Å²) in [5, 5.41) is 0. The summed E-state index contributed by atoms with van der Waals surface area (Å²) in [6, 6.07) is 28.9. The topological polar surface area (TPSA) is 79.4 Å². The number of amides is 3. The molecule has 4 rings (SSSR count). The van der Waals surface area contributed by atoms with Crippen molar-refractivity contribution in [3.05, 3.63) is 108 Å². The van der Waals surface area contributed by atoms with Crippen LogP contribution in [-0.4, -0.2) is 70.6 Å². The van der Waals surface area contributed by atoms with Crippen LogP contribution in [0.5, 0.6) is 0 Å². The first-order valence-corrected chi connectivity index (χ1v) is 14.5. The molecule has 3 aromatic rings. The maximum Gasteiger partial charge on any atom is 0.420 e. The Morgan fingerprint density at radius 1 is 0.762 bits per heavy atom. The highest BCUT2D eigenvalue weighted by Crippen LogP contribution is 2.30. The second-order valence-electron chi connectivity index (χ2n) is 11.4. The molecule has 8 nitrogen and oxygen atoms in total. The summed E-state index contributed by atoms with van der Waals surface area (Å²) in [6.07, 6.45) is -1.57. The molecular formula is C34H41N3O5. The maximum absolute atomic E-state index is 13.9. The summed E-state index contributed by atoms with van der Waals surface area (Å²) in [7, 11) is 0. The van der Waals surface area contributed by atoms with Crippen molar-refractivity contribution in [3.8, 4) is 0 Å². The van der Waals surface area contributed by atoms with E-state index < -0.39 is 23.8 Å². The van der Waals surface area contributed by atoms with Crippen molar-refractivity contribution in [2.75, 3.05) is 26.2 Å². The average molecular weight is 572 g/mol. The standard InChI is InChI=1S/C34H41N3O5/c1-5-29(37(33(40)42-34(2,3)4)32(39)41-25-26-15-9-6-10-16-26)31(38)36-23-21-35(22-24-36)30(27-17-11-7-12-18-27)28-19-13-8-14-20-28/h6-20,29-30H,5,21-25H2,1-4H3/t29-/m0/s1. The fourth-order valence-electron chi connectivity index (χ4n) is 5.19. The quantitative estimate of drug-likeness (QED) is 0.317. The van der Waals surface area contributed by atoms with Crippen LogP contribution < -0.4 is 0 Å². The zero-order valence-electron chi connectivity index (χ0n) is 24.9. The van der Waals surface area contributed by atoms with Crippen LogP contribution >= 0.6 is 0 Å². The first-order chi connectivity index (χ1) is 20.2. The molecule has 1 saturated heterocycles. The Morgan fingerprint density at radius 3 is 1.74 bits per heavy atom. The van der Waals surface area contributed by atoms with Crippen molar-refractivity contribution in [2.45, 2.75) is 58.4 Å². The van der Waals surface area contributed by atoms with E-state index in [0.717, 1.165) is 10.5 Å². The molecule has 3 aromatic carbocycles. The van der Waals surface area contributed by atoms with E-state index in [9.17, 15) is 14.4 Å². The van der Waals surface area contributed by atoms with Crippen molar-refractivity contribution in [1.82, 2.24) is 14.7 Å². The lowest BCUT2D eigenvalue weighted by molar-refractivity contribution is -0.138. The Hall–Kier alpha value is -4.17. The number of hydrogen-bond donors (Lipinski definition) is 0. The molecule has 1 fully saturated rings. The van der Waals surface area contributed by atoms with E-state index in [1.807, 2.05) is 66.7 Å². The van der Waals surface area contributed by atoms with Crippen LogP contribution in [0.15, 0.2) is 91.0 Å². The predicted octanol–water partition coefficient (Wildman–Crippen LogP) is 6.27. The van der Waals surface area contributed by atoms with Gasteiger partial charge in [-0.25, -0.2) is 9.59 Å². The van der Waals surface area contributed by atoms with Gasteiger partial charge in [0.1, 0.15) is 18.2 Å². The van der Waals surface area contributed by atoms with Crippen LogP contribution in [0.4, 0.5) is 9.59 Å². The molecule has 1 aliphatic heterocycles. The predicted molar refractivity (Wildman–Crippen MR) is 162 cm³/mol. The van der Waals surface area contributed by atoms with Crippen LogP contribution in [0.1, 0.15) is 56.8 Å². The molecule has 1 atom stereocenters. The second-order valence-corrected chi connectivity index (χ2v) is 11.4. The molecule has 0 saturated carbocycles. The molecule has 8 heteroatoms. The Bertz CT molecular complexity index is 1260. The minimum absolute atomic E-state index is 0.0252. The van der Waals surface area contributed by atoms with Gasteiger partial charge >= 0.3 is 12.2 Å². The Morgan fingerprint density at radius 2 is 1.26 bits per heavy atom. The molecule has 0 N–H and O–H groups in total. The van der Waals surface area contributed by atoms with Gasteiger partial charge in [0, 0.05) is 26.2 Å². The van der Waals surface area contributed by atoms with E-state index in [0.29, 0.717) is 26.2 Å². The first kappa shape index (κ1) is 30.8. The number of rotatable bonds is 8. The van der Waals surface area contributed by atoms with Crippen molar-refractivity contribution in [1.29, 1.82) is 0 Å². The van der Waals surface area contributed by atoms with Gasteiger partial charge in [0.25, 0.3) is 0 Å². The highest BCUT2D eigenvalue weighted by atomic mass is 16.6. The molecule has 1 aliphatic rings. The van der Waals surface area contributed by atoms with Gasteiger partial charge in [-0.15, -0.1) is 0 Å². The van der Waals surface area contributed by atoms with Gasteiger partial charge in [-0.05, 0) is 43.9 Å². The van der Waals surface area contributed by atoms with Crippen LogP contribution in [0, 0.1) is 0 Å². The largest absolute Gasteiger partial charge is 0.444 e. The number of benzene rings is 3. The molecule has 0 bridgehead atoms. The third-order valence-corrected chi connectivity index (χ3v) is 7.20. The van der Waals surface area contributed by atoms with Gasteiger partial charge < -0.3 is 14.4 Å². The van der Waals surface area contributed by atoms with Crippen LogP contribution in [0.3, 0.4) is 0 Å². The molecule has 3 amide bonds. The highest BCUT2D eigenvalue weighted by Gasteiger charge is 2.40. The molecule has 0 radical (unpaired) electrons. The first-order valence-electron chi connectivity index (χ1n) is 14.5. The van der Waals surface area contributed by atoms with Gasteiger partial charge in [-0.3, -0.25) is 9.69 Å². The molecule has 0 aromatic heterocycles. The molecule has 0 aliphatic carbocycles. The van der Waals surface area contributed by atoms with Gasteiger partial charge in [-0.1, -0.05) is 97.9 Å². The van der Waals surface area contributed by atoms with E-state index in [2.05, 4.69) is 29.2 Å². The molecule has 1 heterocycles. The van der Waals surface area contributed by atoms with Gasteiger partial charge in [0.15, 0.2) is 0 Å². The van der Waals surface area contributed by atoms with Crippen LogP contribution in [0.2, 0.25) is 0 Å². The van der Waals surface area contributed by atoms with Gasteiger partial charge in [0.2, 0.25) is 5.91 Å². The lowest BCUT2D eigenvalue weighted by atomic mass is 9.96. The minimum Gasteiger partial charge on any atom is -0.444 e. The molecule has 222 valence electrons. The molecule has 42 heavy (non-hydrogen) atoms. The SMILES string of the molecule is CC[C@@H](C(=O)N1CCN(C(c2ccccc2)c2ccccc2)CC1)N(C(=O)OCc1ccccc1)C(=O)OC(C)(C)C. The number of hydrogen-bond acceptors (Lipinski definition) is 6. The zero-order chi connectivity index (χ0) is 30.1. The summed E-state index contributed by atoms with van der Waals surface area (Å²) in [5.74, 6) is -0.296. The molecule has 0 spiro atoms. The summed E-state index contributed by atoms with van der Waals surface area (Å²) in [6.45, 7) is 9.12. The molecular weight excluding hydrogens is 530 g/mol. The monoisotopic (exact) mass is 571 g/mol. The Kier molecular flexibility index (Phi) is 10.4. The Labute approximate surface area is 248 Å². The van der Waals surface area contributed by atoms with Crippen molar-refractivity contribution >= 4 is 18.1 Å². The third kappa shape index (κ3) is 7.97. The highest BCUT2D eigenvalue weighted by molar-refractivity contribution is 5.95. The maximum atomic E-state index is 13.9. The number of carbonyl (C=O) groups is 3. The number of piperazine rings is 1. The third-order valence-electron chi connectivity index (χ3n) is 7.20. The zero-order valence-corrected chi connectivity index (χ0v) is 24.9. The minimum atomic E-state index is -1.05. The van der Waals surface area contributed by atoms with Gasteiger partial charge in [-0.2, -0.15) is 4.90 Å². The Balaban J connectivity index is 1.50. The summed E-state index contributed by atoms with van der Waals surface area (Å²) in [4.78, 5) is 45.4. The number of imide groups is 1. The number of ether oxygens (including phenoxy) is 2. The fourth-order valence-corrected chi connectivity index (χ4v) is 5.19. The van der Waals surface area contributed by atoms with Crippen molar-refractivity contribution in [3.63, 3.8) is 0 Å².